The molecule has 402 valence electrons. The first kappa shape index (κ1) is 50.0. The molecule has 3 aromatic carbocycles. The van der Waals surface area contributed by atoms with Crippen molar-refractivity contribution in [2.45, 2.75) is 211 Å². The Morgan fingerprint density at radius 1 is 0.853 bits per heavy atom. The fourth-order valence-electron chi connectivity index (χ4n) is 24.4. The van der Waals surface area contributed by atoms with E-state index in [-0.39, 0.29) is 58.4 Å². The lowest BCUT2D eigenvalue weighted by atomic mass is 9.13. The summed E-state index contributed by atoms with van der Waals surface area (Å²) < 4.78 is 12.8. The molecule has 17 atom stereocenters. The second kappa shape index (κ2) is 16.7. The van der Waals surface area contributed by atoms with Crippen LogP contribution >= 0.6 is 0 Å². The lowest BCUT2D eigenvalue weighted by molar-refractivity contribution is -0.395. The SMILES string of the molecule is CCCC1C2(O)CC(O)C3(CO)C1(CCC14C#CCC(CCC5CCCCC5)CCC56C7C(C8CC59CC13Cc1ccc3cccc8c3c19)C(C)(C(=O)O)CCC7(C)CCC46C)C(Cc1ccc(CCOC)cc1)O2. The highest BCUT2D eigenvalue weighted by Gasteiger charge is 2.93. The number of carboxylic acid groups (broad SMARTS) is 1. The van der Waals surface area contributed by atoms with Gasteiger partial charge < -0.3 is 29.9 Å². The van der Waals surface area contributed by atoms with E-state index in [2.05, 4.69) is 94.1 Å². The van der Waals surface area contributed by atoms with E-state index in [0.717, 1.165) is 95.0 Å². The Bertz CT molecular complexity index is 2880. The Labute approximate surface area is 448 Å². The van der Waals surface area contributed by atoms with Gasteiger partial charge in [0, 0.05) is 52.9 Å². The van der Waals surface area contributed by atoms with E-state index >= 15 is 0 Å². The molecule has 1 aliphatic heterocycles. The van der Waals surface area contributed by atoms with Gasteiger partial charge in [-0.1, -0.05) is 126 Å². The Balaban J connectivity index is 1.07. The molecular formula is C68H88O7. The van der Waals surface area contributed by atoms with Crippen molar-refractivity contribution in [2.24, 2.45) is 72.9 Å². The number of fused-ring (bicyclic) bond motifs is 4. The first-order valence-electron chi connectivity index (χ1n) is 30.6. The van der Waals surface area contributed by atoms with Crippen molar-refractivity contribution in [3.05, 3.63) is 82.4 Å². The lowest BCUT2D eigenvalue weighted by Gasteiger charge is -2.89. The van der Waals surface area contributed by atoms with Gasteiger partial charge in [0.15, 0.2) is 5.79 Å². The normalized spacial score (nSPS) is 47.4. The van der Waals surface area contributed by atoms with Gasteiger partial charge in [-0.05, 0) is 188 Å². The van der Waals surface area contributed by atoms with Crippen molar-refractivity contribution in [1.29, 1.82) is 0 Å². The number of hydrogen-bond acceptors (Lipinski definition) is 6. The minimum Gasteiger partial charge on any atom is -0.481 e. The topological polar surface area (TPSA) is 116 Å². The lowest BCUT2D eigenvalue weighted by Crippen LogP contribution is -2.87. The predicted octanol–water partition coefficient (Wildman–Crippen LogP) is 13.0. The predicted molar refractivity (Wildman–Crippen MR) is 293 cm³/mol. The van der Waals surface area contributed by atoms with Crippen molar-refractivity contribution in [2.75, 3.05) is 20.3 Å². The molecule has 3 aromatic rings. The van der Waals surface area contributed by atoms with Gasteiger partial charge in [-0.3, -0.25) is 4.79 Å². The van der Waals surface area contributed by atoms with Crippen LogP contribution in [0.2, 0.25) is 0 Å². The van der Waals surface area contributed by atoms with Crippen LogP contribution < -0.4 is 0 Å². The van der Waals surface area contributed by atoms with Gasteiger partial charge in [0.1, 0.15) is 0 Å². The molecule has 7 saturated carbocycles. The molecule has 7 heteroatoms. The number of carboxylic acids is 1. The van der Waals surface area contributed by atoms with Crippen molar-refractivity contribution in [3.63, 3.8) is 0 Å². The molecule has 1 saturated heterocycles. The summed E-state index contributed by atoms with van der Waals surface area (Å²) in [6.45, 7) is 10.2. The second-order valence-electron chi connectivity index (χ2n) is 28.9. The minimum absolute atomic E-state index is 0.0401. The van der Waals surface area contributed by atoms with Crippen LogP contribution in [0.1, 0.15) is 196 Å². The van der Waals surface area contributed by atoms with Crippen molar-refractivity contribution >= 4 is 16.7 Å². The summed E-state index contributed by atoms with van der Waals surface area (Å²) >= 11 is 0. The van der Waals surface area contributed by atoms with E-state index in [1.54, 1.807) is 12.7 Å². The van der Waals surface area contributed by atoms with Crippen LogP contribution in [0.3, 0.4) is 0 Å². The molecule has 0 aromatic heterocycles. The van der Waals surface area contributed by atoms with Gasteiger partial charge in [0.2, 0.25) is 0 Å². The molecule has 7 nitrogen and oxygen atoms in total. The summed E-state index contributed by atoms with van der Waals surface area (Å²) in [4.78, 5) is 14.5. The van der Waals surface area contributed by atoms with E-state index in [1.165, 1.54) is 72.4 Å². The summed E-state index contributed by atoms with van der Waals surface area (Å²) in [5.74, 6) is 7.75. The molecular weight excluding hydrogens is 929 g/mol. The molecule has 14 rings (SSSR count). The molecule has 11 aliphatic rings. The Morgan fingerprint density at radius 2 is 1.63 bits per heavy atom. The van der Waals surface area contributed by atoms with Gasteiger partial charge in [-0.2, -0.15) is 0 Å². The molecule has 0 radical (unpaired) electrons. The van der Waals surface area contributed by atoms with Crippen LogP contribution in [-0.4, -0.2) is 64.7 Å². The van der Waals surface area contributed by atoms with Crippen LogP contribution in [-0.2, 0) is 38.9 Å². The number of methoxy groups -OCH3 is 1. The largest absolute Gasteiger partial charge is 0.481 e. The maximum Gasteiger partial charge on any atom is 0.309 e. The van der Waals surface area contributed by atoms with Gasteiger partial charge >= 0.3 is 5.97 Å². The second-order valence-corrected chi connectivity index (χ2v) is 28.9. The van der Waals surface area contributed by atoms with Crippen molar-refractivity contribution in [1.82, 2.24) is 0 Å². The number of benzene rings is 3. The summed E-state index contributed by atoms with van der Waals surface area (Å²) in [6.07, 6.45) is 21.7. The summed E-state index contributed by atoms with van der Waals surface area (Å²) in [6, 6.07) is 20.8. The molecule has 1 heterocycles. The van der Waals surface area contributed by atoms with Crippen molar-refractivity contribution < 1.29 is 34.7 Å². The number of carbonyl (C=O) groups is 1. The number of hydrogen-bond donors (Lipinski definition) is 4. The Morgan fingerprint density at radius 3 is 2.39 bits per heavy atom. The Kier molecular flexibility index (Phi) is 11.1. The fourth-order valence-corrected chi connectivity index (χ4v) is 24.4. The Hall–Kier alpha value is -3.25. The van der Waals surface area contributed by atoms with Gasteiger partial charge in [0.05, 0.1) is 30.8 Å². The van der Waals surface area contributed by atoms with E-state index in [9.17, 15) is 25.2 Å². The molecule has 8 fully saturated rings. The molecule has 5 spiro atoms. The first-order chi connectivity index (χ1) is 36.1. The average molecular weight is 1020 g/mol. The van der Waals surface area contributed by atoms with Gasteiger partial charge in [-0.15, -0.1) is 5.92 Å². The van der Waals surface area contributed by atoms with Crippen LogP contribution in [0.25, 0.3) is 10.8 Å². The number of aliphatic hydroxyl groups is 3. The highest BCUT2D eigenvalue weighted by atomic mass is 16.6. The molecule has 4 N–H and O–H groups in total. The van der Waals surface area contributed by atoms with Crippen LogP contribution in [0.5, 0.6) is 0 Å². The monoisotopic (exact) mass is 1020 g/mol. The number of aliphatic carboxylic acids is 1. The smallest absolute Gasteiger partial charge is 0.309 e. The maximum atomic E-state index is 14.5. The van der Waals surface area contributed by atoms with Crippen LogP contribution in [0.4, 0.5) is 0 Å². The fraction of sp³-hybridized carbons (Fsp3) is 0.721. The third-order valence-electron chi connectivity index (χ3n) is 27.0. The van der Waals surface area contributed by atoms with Gasteiger partial charge in [0.25, 0.3) is 0 Å². The number of ether oxygens (including phenoxy) is 2. The van der Waals surface area contributed by atoms with Crippen molar-refractivity contribution in [3.8, 4) is 11.8 Å². The molecule has 17 unspecified atom stereocenters. The standard InChI is InChI=1S/C68H88O7/c1-6-12-51-65-35-34-63-28-11-15-44(19-18-43-13-8-7-9-14-43)26-29-66-57-56(60(3,58(71)72)32-30-59(57,2)31-33-61(63,66)4)50-39-62(66)41-64(63,38-48-25-24-47-16-10-17-49(50)54(47)55(48)62)67(65,42-69)52(70)40-68(51,73)75-53(65)37-46-22-20-45(21-23-46)27-36-74-5/h10,16-17,20-25,43-44,50-53,56-57,69-70,73H,6-9,12-15,18-19,26-27,29-42H2,1-5H3,(H,71,72). The number of rotatable bonds is 12. The quantitative estimate of drug-likeness (QED) is 0.134. The average Bonchev–Trinajstić information content (AvgIpc) is 3.83. The highest BCUT2D eigenvalue weighted by Crippen LogP contribution is 2.95. The van der Waals surface area contributed by atoms with Gasteiger partial charge in [-0.25, -0.2) is 0 Å². The molecule has 75 heavy (non-hydrogen) atoms. The summed E-state index contributed by atoms with van der Waals surface area (Å²) in [5.41, 5.74) is 1.54. The molecule has 7 bridgehead atoms. The number of aliphatic hydroxyl groups excluding tert-OH is 2. The first-order valence-corrected chi connectivity index (χ1v) is 30.6. The van der Waals surface area contributed by atoms with E-state index < -0.39 is 51.0 Å². The third kappa shape index (κ3) is 5.77. The summed E-state index contributed by atoms with van der Waals surface area (Å²) in [5, 5.41) is 55.5. The van der Waals surface area contributed by atoms with E-state index in [4.69, 9.17) is 9.47 Å². The zero-order valence-electron chi connectivity index (χ0n) is 46.2. The zero-order valence-corrected chi connectivity index (χ0v) is 46.2. The molecule has 10 aliphatic carbocycles. The highest BCUT2D eigenvalue weighted by molar-refractivity contribution is 5.94. The van der Waals surface area contributed by atoms with Crippen LogP contribution in [0.15, 0.2) is 54.6 Å². The molecule has 0 amide bonds. The van der Waals surface area contributed by atoms with E-state index in [0.29, 0.717) is 31.8 Å². The van der Waals surface area contributed by atoms with E-state index in [1.807, 2.05) is 0 Å². The maximum absolute atomic E-state index is 14.5. The summed E-state index contributed by atoms with van der Waals surface area (Å²) in [7, 11) is 1.75. The minimum atomic E-state index is -1.53. The zero-order chi connectivity index (χ0) is 51.8. The van der Waals surface area contributed by atoms with Crippen LogP contribution in [0, 0.1) is 84.8 Å². The third-order valence-corrected chi connectivity index (χ3v) is 27.0.